The summed E-state index contributed by atoms with van der Waals surface area (Å²) >= 11 is 1.13. The molecule has 152 valence electrons. The topological polar surface area (TPSA) is 88.5 Å². The van der Waals surface area contributed by atoms with E-state index in [1.165, 1.54) is 4.31 Å². The molecule has 3 aromatic rings. The molecule has 7 nitrogen and oxygen atoms in total. The van der Waals surface area contributed by atoms with Crippen molar-refractivity contribution < 1.29 is 13.2 Å². The average molecular weight is 432 g/mol. The summed E-state index contributed by atoms with van der Waals surface area (Å²) in [6.07, 6.45) is 1.26. The van der Waals surface area contributed by atoms with Crippen LogP contribution in [0, 0.1) is 5.92 Å². The van der Waals surface area contributed by atoms with Gasteiger partial charge < -0.3 is 9.88 Å². The van der Waals surface area contributed by atoms with Gasteiger partial charge in [0.25, 0.3) is 0 Å². The van der Waals surface area contributed by atoms with Gasteiger partial charge in [-0.1, -0.05) is 29.5 Å². The van der Waals surface area contributed by atoms with Crippen LogP contribution in [0.15, 0.2) is 58.2 Å². The Hall–Kier alpha value is -2.49. The summed E-state index contributed by atoms with van der Waals surface area (Å²) < 4.78 is 29.5. The average Bonchev–Trinajstić information content (AvgIpc) is 3.02. The van der Waals surface area contributed by atoms with Crippen molar-refractivity contribution in [3.63, 3.8) is 0 Å². The van der Waals surface area contributed by atoms with E-state index >= 15 is 0 Å². The van der Waals surface area contributed by atoms with Gasteiger partial charge in [-0.25, -0.2) is 8.42 Å². The number of fused-ring (bicyclic) bond motifs is 1. The minimum absolute atomic E-state index is 0.0579. The molecule has 1 aliphatic heterocycles. The van der Waals surface area contributed by atoms with Gasteiger partial charge in [-0.3, -0.25) is 9.59 Å². The highest BCUT2D eigenvalue weighted by atomic mass is 32.2. The summed E-state index contributed by atoms with van der Waals surface area (Å²) in [6, 6.07) is 13.6. The standard InChI is InChI=1S/C20H21N3O4S2/c1-22-17-10-9-15(12-18(17)28-20(22)25)21-19(24)14-6-5-11-23(13-14)29(26,27)16-7-3-2-4-8-16/h2-4,7-10,12,14H,5-6,11,13H2,1H3,(H,21,24). The van der Waals surface area contributed by atoms with Gasteiger partial charge in [0, 0.05) is 25.8 Å². The second kappa shape index (κ2) is 7.74. The summed E-state index contributed by atoms with van der Waals surface area (Å²) in [5.41, 5.74) is 1.42. The van der Waals surface area contributed by atoms with Crippen LogP contribution in [0.2, 0.25) is 0 Å². The molecule has 1 N–H and O–H groups in total. The summed E-state index contributed by atoms with van der Waals surface area (Å²) in [4.78, 5) is 24.8. The highest BCUT2D eigenvalue weighted by Crippen LogP contribution is 2.26. The number of anilines is 1. The van der Waals surface area contributed by atoms with Crippen molar-refractivity contribution in [3.05, 3.63) is 58.2 Å². The molecule has 1 atom stereocenters. The van der Waals surface area contributed by atoms with Crippen LogP contribution >= 0.6 is 11.3 Å². The van der Waals surface area contributed by atoms with Gasteiger partial charge in [-0.15, -0.1) is 0 Å². The minimum atomic E-state index is -3.61. The largest absolute Gasteiger partial charge is 0.326 e. The van der Waals surface area contributed by atoms with Crippen LogP contribution in [0.5, 0.6) is 0 Å². The maximum absolute atomic E-state index is 12.9. The zero-order chi connectivity index (χ0) is 20.6. The van der Waals surface area contributed by atoms with Crippen molar-refractivity contribution in [1.29, 1.82) is 0 Å². The fourth-order valence-electron chi connectivity index (χ4n) is 3.57. The lowest BCUT2D eigenvalue weighted by molar-refractivity contribution is -0.120. The number of benzene rings is 2. The molecule has 2 aromatic carbocycles. The van der Waals surface area contributed by atoms with Crippen LogP contribution in [-0.4, -0.2) is 36.3 Å². The fraction of sp³-hybridized carbons (Fsp3) is 0.300. The second-order valence-corrected chi connectivity index (χ2v) is 10.0. The highest BCUT2D eigenvalue weighted by molar-refractivity contribution is 7.89. The minimum Gasteiger partial charge on any atom is -0.326 e. The van der Waals surface area contributed by atoms with Crippen molar-refractivity contribution >= 4 is 43.2 Å². The number of nitrogens with one attached hydrogen (secondary N) is 1. The highest BCUT2D eigenvalue weighted by Gasteiger charge is 2.33. The predicted molar refractivity (Wildman–Crippen MR) is 114 cm³/mol. The Kier molecular flexibility index (Phi) is 5.28. The van der Waals surface area contributed by atoms with Crippen LogP contribution in [0.1, 0.15) is 12.8 Å². The number of amides is 1. The van der Waals surface area contributed by atoms with E-state index in [2.05, 4.69) is 5.32 Å². The first-order valence-corrected chi connectivity index (χ1v) is 11.6. The number of sulfonamides is 1. The zero-order valence-corrected chi connectivity index (χ0v) is 17.5. The first-order valence-electron chi connectivity index (χ1n) is 9.32. The number of thiazole rings is 1. The molecule has 1 amide bonds. The zero-order valence-electron chi connectivity index (χ0n) is 15.9. The van der Waals surface area contributed by atoms with Crippen LogP contribution in [0.4, 0.5) is 5.69 Å². The van der Waals surface area contributed by atoms with Gasteiger partial charge in [0.2, 0.25) is 15.9 Å². The molecule has 0 radical (unpaired) electrons. The van der Waals surface area contributed by atoms with Crippen molar-refractivity contribution in [1.82, 2.24) is 8.87 Å². The molecule has 1 saturated heterocycles. The lowest BCUT2D eigenvalue weighted by atomic mass is 9.98. The van der Waals surface area contributed by atoms with Crippen LogP contribution < -0.4 is 10.2 Å². The van der Waals surface area contributed by atoms with E-state index in [0.29, 0.717) is 25.1 Å². The van der Waals surface area contributed by atoms with Gasteiger partial charge >= 0.3 is 4.87 Å². The molecule has 1 fully saturated rings. The molecule has 1 aliphatic rings. The molecular formula is C20H21N3O4S2. The van der Waals surface area contributed by atoms with Crippen LogP contribution in [-0.2, 0) is 21.9 Å². The number of carbonyl (C=O) groups is 1. The quantitative estimate of drug-likeness (QED) is 0.688. The van der Waals surface area contributed by atoms with Crippen LogP contribution in [0.25, 0.3) is 10.2 Å². The van der Waals surface area contributed by atoms with E-state index in [9.17, 15) is 18.0 Å². The SMILES string of the molecule is Cn1c(=O)sc2cc(NC(=O)C3CCCN(S(=O)(=O)c4ccccc4)C3)ccc21. The molecule has 9 heteroatoms. The molecular weight excluding hydrogens is 410 g/mol. The van der Waals surface area contributed by atoms with Gasteiger partial charge in [-0.2, -0.15) is 4.31 Å². The summed E-state index contributed by atoms with van der Waals surface area (Å²) in [7, 11) is -1.90. The molecule has 2 heterocycles. The molecule has 0 aliphatic carbocycles. The molecule has 29 heavy (non-hydrogen) atoms. The first-order chi connectivity index (χ1) is 13.9. The Balaban J connectivity index is 1.50. The second-order valence-electron chi connectivity index (χ2n) is 7.11. The third kappa shape index (κ3) is 3.85. The normalized spacial score (nSPS) is 18.0. The number of rotatable bonds is 4. The van der Waals surface area contributed by atoms with E-state index in [1.807, 2.05) is 0 Å². The Bertz CT molecular complexity index is 1220. The van der Waals surface area contributed by atoms with Gasteiger partial charge in [-0.05, 0) is 43.2 Å². The van der Waals surface area contributed by atoms with E-state index in [-0.39, 0.29) is 22.2 Å². The van der Waals surface area contributed by atoms with E-state index in [1.54, 1.807) is 60.1 Å². The Labute approximate surface area is 172 Å². The number of carbonyl (C=O) groups excluding carboxylic acids is 1. The van der Waals surface area contributed by atoms with E-state index in [4.69, 9.17) is 0 Å². The monoisotopic (exact) mass is 431 g/mol. The number of nitrogens with zero attached hydrogens (tertiary/aromatic N) is 2. The van der Waals surface area contributed by atoms with Crippen LogP contribution in [0.3, 0.4) is 0 Å². The number of hydrogen-bond acceptors (Lipinski definition) is 5. The molecule has 0 spiro atoms. The summed E-state index contributed by atoms with van der Waals surface area (Å²) in [5, 5.41) is 2.88. The number of aromatic nitrogens is 1. The van der Waals surface area contributed by atoms with E-state index < -0.39 is 15.9 Å². The number of hydrogen-bond donors (Lipinski definition) is 1. The van der Waals surface area contributed by atoms with Crippen molar-refractivity contribution in [2.45, 2.75) is 17.7 Å². The molecule has 1 unspecified atom stereocenters. The molecule has 0 bridgehead atoms. The maximum atomic E-state index is 12.9. The fourth-order valence-corrected chi connectivity index (χ4v) is 6.04. The predicted octanol–water partition coefficient (Wildman–Crippen LogP) is 2.64. The van der Waals surface area contributed by atoms with Crippen molar-refractivity contribution in [2.75, 3.05) is 18.4 Å². The lowest BCUT2D eigenvalue weighted by Gasteiger charge is -2.31. The summed E-state index contributed by atoms with van der Waals surface area (Å²) in [5.74, 6) is -0.631. The van der Waals surface area contributed by atoms with E-state index in [0.717, 1.165) is 21.6 Å². The molecule has 1 aromatic heterocycles. The Morgan fingerprint density at radius 3 is 2.69 bits per heavy atom. The summed E-state index contributed by atoms with van der Waals surface area (Å²) in [6.45, 7) is 0.564. The van der Waals surface area contributed by atoms with Gasteiger partial charge in [0.1, 0.15) is 0 Å². The van der Waals surface area contributed by atoms with Gasteiger partial charge in [0.15, 0.2) is 0 Å². The molecule has 0 saturated carbocycles. The molecule has 4 rings (SSSR count). The first kappa shape index (κ1) is 19.8. The Morgan fingerprint density at radius 2 is 1.93 bits per heavy atom. The number of piperidine rings is 1. The number of aryl methyl sites for hydroxylation is 1. The van der Waals surface area contributed by atoms with Crippen molar-refractivity contribution in [3.8, 4) is 0 Å². The third-order valence-corrected chi connectivity index (χ3v) is 8.07. The third-order valence-electron chi connectivity index (χ3n) is 5.20. The Morgan fingerprint density at radius 1 is 1.17 bits per heavy atom. The maximum Gasteiger partial charge on any atom is 0.307 e. The lowest BCUT2D eigenvalue weighted by Crippen LogP contribution is -2.43. The smallest absolute Gasteiger partial charge is 0.307 e. The van der Waals surface area contributed by atoms with Crippen molar-refractivity contribution in [2.24, 2.45) is 13.0 Å². The van der Waals surface area contributed by atoms with Gasteiger partial charge in [0.05, 0.1) is 21.0 Å².